The Hall–Kier alpha value is -3.05. The first-order valence-corrected chi connectivity index (χ1v) is 10.5. The zero-order chi connectivity index (χ0) is 20.2. The molecule has 3 aromatic carbocycles. The molecule has 4 aromatic rings. The average Bonchev–Trinajstić information content (AvgIpc) is 3.16. The topological polar surface area (TPSA) is 39.9 Å². The van der Waals surface area contributed by atoms with Gasteiger partial charge in [-0.25, -0.2) is 0 Å². The smallest absolute Gasteiger partial charge is 0.196 e. The molecule has 0 aliphatic carbocycles. The fraction of sp³-hybridized carbons (Fsp3) is 0.167. The van der Waals surface area contributed by atoms with Gasteiger partial charge in [0, 0.05) is 17.0 Å². The van der Waals surface area contributed by atoms with Crippen LogP contribution >= 0.6 is 11.8 Å². The molecule has 0 N–H and O–H groups in total. The molecule has 0 fully saturated rings. The molecule has 0 saturated carbocycles. The van der Waals surface area contributed by atoms with Crippen LogP contribution in [0.1, 0.15) is 16.7 Å². The lowest BCUT2D eigenvalue weighted by atomic mass is 10.1. The van der Waals surface area contributed by atoms with Gasteiger partial charge in [-0.15, -0.1) is 10.2 Å². The number of ether oxygens (including phenoxy) is 1. The zero-order valence-corrected chi connectivity index (χ0v) is 17.6. The van der Waals surface area contributed by atoms with E-state index >= 15 is 0 Å². The van der Waals surface area contributed by atoms with Gasteiger partial charge >= 0.3 is 0 Å². The van der Waals surface area contributed by atoms with Gasteiger partial charge in [-0.2, -0.15) is 0 Å². The third-order valence-corrected chi connectivity index (χ3v) is 5.80. The molecule has 146 valence electrons. The second-order valence-electron chi connectivity index (χ2n) is 6.93. The van der Waals surface area contributed by atoms with E-state index in [1.807, 2.05) is 36.4 Å². The molecule has 0 unspecified atom stereocenters. The minimum Gasteiger partial charge on any atom is -0.497 e. The maximum atomic E-state index is 5.32. The third-order valence-electron chi connectivity index (χ3n) is 4.80. The molecule has 0 saturated heterocycles. The van der Waals surface area contributed by atoms with Gasteiger partial charge < -0.3 is 4.74 Å². The SMILES string of the molecule is COc1ccc(-n2c(SCc3cccc(C)c3)nnc2-c2ccccc2C)cc1. The normalized spacial score (nSPS) is 10.9. The Bertz CT molecular complexity index is 1120. The summed E-state index contributed by atoms with van der Waals surface area (Å²) >= 11 is 1.69. The summed E-state index contributed by atoms with van der Waals surface area (Å²) in [6.07, 6.45) is 0. The van der Waals surface area contributed by atoms with E-state index in [4.69, 9.17) is 4.74 Å². The molecule has 29 heavy (non-hydrogen) atoms. The Morgan fingerprint density at radius 3 is 2.41 bits per heavy atom. The fourth-order valence-electron chi connectivity index (χ4n) is 3.28. The van der Waals surface area contributed by atoms with E-state index in [9.17, 15) is 0 Å². The molecule has 0 aliphatic heterocycles. The molecular weight excluding hydrogens is 378 g/mol. The van der Waals surface area contributed by atoms with Gasteiger partial charge in [0.2, 0.25) is 0 Å². The summed E-state index contributed by atoms with van der Waals surface area (Å²) in [5.74, 6) is 2.51. The van der Waals surface area contributed by atoms with Crippen LogP contribution in [-0.2, 0) is 5.75 Å². The summed E-state index contributed by atoms with van der Waals surface area (Å²) in [5.41, 5.74) is 5.81. The molecule has 0 spiro atoms. The van der Waals surface area contributed by atoms with Crippen molar-refractivity contribution in [2.24, 2.45) is 0 Å². The van der Waals surface area contributed by atoms with Gasteiger partial charge in [-0.1, -0.05) is 65.9 Å². The number of aryl methyl sites for hydroxylation is 2. The standard InChI is InChI=1S/C24H23N3OS/c1-17-7-6-9-19(15-17)16-29-24-26-25-23(22-10-5-4-8-18(22)2)27(24)20-11-13-21(28-3)14-12-20/h4-15H,16H2,1-3H3. The Morgan fingerprint density at radius 2 is 1.69 bits per heavy atom. The van der Waals surface area contributed by atoms with Crippen LogP contribution in [0.5, 0.6) is 5.75 Å². The van der Waals surface area contributed by atoms with Crippen molar-refractivity contribution >= 4 is 11.8 Å². The van der Waals surface area contributed by atoms with Crippen LogP contribution in [0.3, 0.4) is 0 Å². The van der Waals surface area contributed by atoms with E-state index in [-0.39, 0.29) is 0 Å². The molecule has 0 radical (unpaired) electrons. The van der Waals surface area contributed by atoms with E-state index in [0.29, 0.717) is 0 Å². The Labute approximate surface area is 175 Å². The van der Waals surface area contributed by atoms with E-state index in [1.165, 1.54) is 16.7 Å². The highest BCUT2D eigenvalue weighted by Gasteiger charge is 2.17. The van der Waals surface area contributed by atoms with Crippen LogP contribution in [0.15, 0.2) is 78.0 Å². The zero-order valence-electron chi connectivity index (χ0n) is 16.8. The molecule has 0 bridgehead atoms. The number of hydrogen-bond donors (Lipinski definition) is 0. The molecule has 0 aliphatic rings. The van der Waals surface area contributed by atoms with Gasteiger partial charge in [0.15, 0.2) is 11.0 Å². The summed E-state index contributed by atoms with van der Waals surface area (Å²) in [5, 5.41) is 9.96. The first-order valence-electron chi connectivity index (χ1n) is 9.50. The highest BCUT2D eigenvalue weighted by atomic mass is 32.2. The van der Waals surface area contributed by atoms with Crippen molar-refractivity contribution in [1.82, 2.24) is 14.8 Å². The average molecular weight is 402 g/mol. The Kier molecular flexibility index (Phi) is 5.67. The number of thioether (sulfide) groups is 1. The minimum absolute atomic E-state index is 0.827. The van der Waals surface area contributed by atoms with Crippen molar-refractivity contribution < 1.29 is 4.74 Å². The quantitative estimate of drug-likeness (QED) is 0.380. The molecule has 4 rings (SSSR count). The largest absolute Gasteiger partial charge is 0.497 e. The molecule has 1 heterocycles. The Balaban J connectivity index is 1.75. The van der Waals surface area contributed by atoms with Crippen molar-refractivity contribution in [3.63, 3.8) is 0 Å². The van der Waals surface area contributed by atoms with Crippen molar-refractivity contribution in [3.05, 3.63) is 89.5 Å². The molecule has 1 aromatic heterocycles. The highest BCUT2D eigenvalue weighted by molar-refractivity contribution is 7.98. The number of methoxy groups -OCH3 is 1. The predicted molar refractivity (Wildman–Crippen MR) is 119 cm³/mol. The maximum absolute atomic E-state index is 5.32. The van der Waals surface area contributed by atoms with Gasteiger partial charge in [-0.3, -0.25) is 4.57 Å². The van der Waals surface area contributed by atoms with Crippen molar-refractivity contribution in [2.45, 2.75) is 24.8 Å². The van der Waals surface area contributed by atoms with Crippen LogP contribution < -0.4 is 4.74 Å². The summed E-state index contributed by atoms with van der Waals surface area (Å²) in [6.45, 7) is 4.21. The molecule has 5 heteroatoms. The van der Waals surface area contributed by atoms with E-state index in [1.54, 1.807) is 18.9 Å². The van der Waals surface area contributed by atoms with Crippen LogP contribution in [0.4, 0.5) is 0 Å². The highest BCUT2D eigenvalue weighted by Crippen LogP contribution is 2.31. The summed E-state index contributed by atoms with van der Waals surface area (Å²) in [6, 6.07) is 24.9. The number of aromatic nitrogens is 3. The predicted octanol–water partition coefficient (Wildman–Crippen LogP) is 5.85. The second kappa shape index (κ2) is 8.53. The lowest BCUT2D eigenvalue weighted by Crippen LogP contribution is -2.01. The van der Waals surface area contributed by atoms with Crippen LogP contribution in [0.2, 0.25) is 0 Å². The lowest BCUT2D eigenvalue weighted by Gasteiger charge is -2.12. The van der Waals surface area contributed by atoms with Gasteiger partial charge in [0.1, 0.15) is 5.75 Å². The van der Waals surface area contributed by atoms with Crippen molar-refractivity contribution in [1.29, 1.82) is 0 Å². The number of rotatable bonds is 6. The lowest BCUT2D eigenvalue weighted by molar-refractivity contribution is 0.414. The van der Waals surface area contributed by atoms with Gasteiger partial charge in [0.25, 0.3) is 0 Å². The fourth-order valence-corrected chi connectivity index (χ4v) is 4.17. The summed E-state index contributed by atoms with van der Waals surface area (Å²) < 4.78 is 7.45. The minimum atomic E-state index is 0.827. The van der Waals surface area contributed by atoms with Gasteiger partial charge in [-0.05, 0) is 49.2 Å². The van der Waals surface area contributed by atoms with E-state index in [0.717, 1.165) is 33.7 Å². The first kappa shape index (κ1) is 19.3. The molecule has 0 atom stereocenters. The molecular formula is C24H23N3OS. The number of benzene rings is 3. The Morgan fingerprint density at radius 1 is 0.897 bits per heavy atom. The monoisotopic (exact) mass is 401 g/mol. The van der Waals surface area contributed by atoms with Crippen LogP contribution in [0.25, 0.3) is 17.1 Å². The molecule has 4 nitrogen and oxygen atoms in total. The van der Waals surface area contributed by atoms with Crippen LogP contribution in [0, 0.1) is 13.8 Å². The maximum Gasteiger partial charge on any atom is 0.196 e. The molecule has 0 amide bonds. The van der Waals surface area contributed by atoms with E-state index < -0.39 is 0 Å². The van der Waals surface area contributed by atoms with Crippen LogP contribution in [-0.4, -0.2) is 21.9 Å². The third kappa shape index (κ3) is 4.20. The second-order valence-corrected chi connectivity index (χ2v) is 7.87. The van der Waals surface area contributed by atoms with E-state index in [2.05, 4.69) is 65.0 Å². The number of hydrogen-bond acceptors (Lipinski definition) is 4. The van der Waals surface area contributed by atoms with Crippen molar-refractivity contribution in [2.75, 3.05) is 7.11 Å². The first-order chi connectivity index (χ1) is 14.2. The number of nitrogens with zero attached hydrogens (tertiary/aromatic N) is 3. The summed E-state index contributed by atoms with van der Waals surface area (Å²) in [7, 11) is 1.68. The van der Waals surface area contributed by atoms with Crippen molar-refractivity contribution in [3.8, 4) is 22.8 Å². The summed E-state index contributed by atoms with van der Waals surface area (Å²) in [4.78, 5) is 0. The van der Waals surface area contributed by atoms with Gasteiger partial charge in [0.05, 0.1) is 7.11 Å².